The van der Waals surface area contributed by atoms with Gasteiger partial charge >= 0.3 is 12.0 Å². The molecule has 1 amide bonds. The van der Waals surface area contributed by atoms with Crippen LogP contribution in [0.2, 0.25) is 0 Å². The molecule has 0 spiro atoms. The van der Waals surface area contributed by atoms with E-state index in [1.165, 1.54) is 36.5 Å². The third kappa shape index (κ3) is 3.07. The summed E-state index contributed by atoms with van der Waals surface area (Å²) in [5.41, 5.74) is 0.248. The number of carbonyl (C=O) groups excluding carboxylic acids is 1. The number of carbonyl (C=O) groups is 1. The van der Waals surface area contributed by atoms with Crippen LogP contribution in [0, 0.1) is 11.3 Å². The van der Waals surface area contributed by atoms with Crippen molar-refractivity contribution in [2.45, 2.75) is 18.8 Å². The average Bonchev–Trinajstić information content (AvgIpc) is 2.64. The third-order valence-corrected chi connectivity index (χ3v) is 3.82. The van der Waals surface area contributed by atoms with Gasteiger partial charge in [0.15, 0.2) is 5.75 Å². The van der Waals surface area contributed by atoms with Gasteiger partial charge < -0.3 is 9.84 Å². The Kier molecular flexibility index (Phi) is 4.52. The van der Waals surface area contributed by atoms with E-state index < -0.39 is 30.5 Å². The SMILES string of the molecule is N#Cc1cc(CN2C(=O)C(F)(F)Oc3c([C@@H](O)CF)cccc32)ccn1. The Balaban J connectivity index is 2.08. The van der Waals surface area contributed by atoms with Gasteiger partial charge in [-0.2, -0.15) is 14.0 Å². The van der Waals surface area contributed by atoms with Crippen molar-refractivity contribution in [1.29, 1.82) is 5.26 Å². The van der Waals surface area contributed by atoms with Gasteiger partial charge in [-0.3, -0.25) is 9.69 Å². The fourth-order valence-electron chi connectivity index (χ4n) is 2.62. The summed E-state index contributed by atoms with van der Waals surface area (Å²) in [4.78, 5) is 16.7. The van der Waals surface area contributed by atoms with Crippen LogP contribution in [0.15, 0.2) is 36.5 Å². The van der Waals surface area contributed by atoms with Crippen molar-refractivity contribution in [2.75, 3.05) is 11.6 Å². The highest BCUT2D eigenvalue weighted by Gasteiger charge is 2.51. The second-order valence-corrected chi connectivity index (χ2v) is 5.54. The molecule has 1 aliphatic heterocycles. The average molecular weight is 363 g/mol. The molecular formula is C17H12F3N3O3. The molecule has 3 rings (SSSR count). The molecule has 1 N–H and O–H groups in total. The molecule has 2 aromatic rings. The summed E-state index contributed by atoms with van der Waals surface area (Å²) in [5, 5.41) is 18.6. The van der Waals surface area contributed by atoms with Crippen molar-refractivity contribution < 1.29 is 27.8 Å². The Morgan fingerprint density at radius 3 is 2.85 bits per heavy atom. The Morgan fingerprint density at radius 2 is 2.15 bits per heavy atom. The number of pyridine rings is 1. The lowest BCUT2D eigenvalue weighted by atomic mass is 10.0. The number of aliphatic hydroxyl groups is 1. The highest BCUT2D eigenvalue weighted by molar-refractivity contribution is 6.01. The number of fused-ring (bicyclic) bond motifs is 1. The summed E-state index contributed by atoms with van der Waals surface area (Å²) in [6.07, 6.45) is -4.52. The Morgan fingerprint density at radius 1 is 1.38 bits per heavy atom. The molecule has 26 heavy (non-hydrogen) atoms. The number of nitrogens with zero attached hydrogens (tertiary/aromatic N) is 3. The van der Waals surface area contributed by atoms with Crippen LogP contribution in [0.3, 0.4) is 0 Å². The fraction of sp³-hybridized carbons (Fsp3) is 0.235. The minimum absolute atomic E-state index is 0.0266. The maximum Gasteiger partial charge on any atom is 0.483 e. The predicted molar refractivity (Wildman–Crippen MR) is 83.1 cm³/mol. The number of rotatable bonds is 4. The molecule has 1 aliphatic rings. The normalized spacial score (nSPS) is 16.4. The van der Waals surface area contributed by atoms with E-state index in [0.29, 0.717) is 5.56 Å². The minimum Gasteiger partial charge on any atom is -0.423 e. The van der Waals surface area contributed by atoms with Gasteiger partial charge in [0.05, 0.1) is 12.2 Å². The lowest BCUT2D eigenvalue weighted by Gasteiger charge is -2.35. The number of hydrogen-bond donors (Lipinski definition) is 1. The maximum absolute atomic E-state index is 14.1. The summed E-state index contributed by atoms with van der Waals surface area (Å²) >= 11 is 0. The van der Waals surface area contributed by atoms with Crippen molar-refractivity contribution >= 4 is 11.6 Å². The second-order valence-electron chi connectivity index (χ2n) is 5.54. The highest BCUT2D eigenvalue weighted by atomic mass is 19.3. The van der Waals surface area contributed by atoms with Gasteiger partial charge in [-0.1, -0.05) is 12.1 Å². The van der Waals surface area contributed by atoms with Crippen LogP contribution in [-0.4, -0.2) is 28.8 Å². The van der Waals surface area contributed by atoms with Crippen LogP contribution in [0.4, 0.5) is 18.9 Å². The second kappa shape index (κ2) is 6.65. The number of nitriles is 1. The molecule has 0 radical (unpaired) electrons. The fourth-order valence-corrected chi connectivity index (χ4v) is 2.62. The highest BCUT2D eigenvalue weighted by Crippen LogP contribution is 2.44. The van der Waals surface area contributed by atoms with E-state index in [1.807, 2.05) is 6.07 Å². The number of aliphatic hydroxyl groups excluding tert-OH is 1. The summed E-state index contributed by atoms with van der Waals surface area (Å²) in [7, 11) is 0. The van der Waals surface area contributed by atoms with Crippen LogP contribution in [-0.2, 0) is 11.3 Å². The smallest absolute Gasteiger partial charge is 0.423 e. The zero-order valence-corrected chi connectivity index (χ0v) is 13.2. The predicted octanol–water partition coefficient (Wildman–Crippen LogP) is 2.47. The lowest BCUT2D eigenvalue weighted by molar-refractivity contribution is -0.193. The first-order valence-corrected chi connectivity index (χ1v) is 7.48. The number of amides is 1. The van der Waals surface area contributed by atoms with E-state index in [-0.39, 0.29) is 23.5 Å². The Bertz CT molecular complexity index is 898. The quantitative estimate of drug-likeness (QED) is 0.902. The standard InChI is InChI=1S/C17H12F3N3O3/c18-7-14(24)12-2-1-3-13-15(12)26-17(19,20)16(25)23(13)9-10-4-5-22-11(6-10)8-21/h1-6,14,24H,7,9H2/t14-/m0/s1. The number of anilines is 1. The van der Waals surface area contributed by atoms with Crippen molar-refractivity contribution in [3.63, 3.8) is 0 Å². The van der Waals surface area contributed by atoms with Crippen molar-refractivity contribution in [1.82, 2.24) is 4.98 Å². The molecular weight excluding hydrogens is 351 g/mol. The van der Waals surface area contributed by atoms with Crippen molar-refractivity contribution in [3.8, 4) is 11.8 Å². The van der Waals surface area contributed by atoms with Crippen LogP contribution >= 0.6 is 0 Å². The van der Waals surface area contributed by atoms with Crippen LogP contribution in [0.5, 0.6) is 5.75 Å². The molecule has 0 aliphatic carbocycles. The largest absolute Gasteiger partial charge is 0.483 e. The molecule has 134 valence electrons. The zero-order valence-electron chi connectivity index (χ0n) is 13.2. The van der Waals surface area contributed by atoms with Gasteiger partial charge in [0.2, 0.25) is 0 Å². The number of alkyl halides is 3. The van der Waals surface area contributed by atoms with Gasteiger partial charge in [0, 0.05) is 11.8 Å². The molecule has 1 atom stereocenters. The van der Waals surface area contributed by atoms with E-state index >= 15 is 0 Å². The molecule has 0 bridgehead atoms. The van der Waals surface area contributed by atoms with E-state index in [0.717, 1.165) is 4.90 Å². The van der Waals surface area contributed by atoms with Gasteiger partial charge in [0.1, 0.15) is 24.5 Å². The van der Waals surface area contributed by atoms with Crippen LogP contribution in [0.25, 0.3) is 0 Å². The number of aromatic nitrogens is 1. The van der Waals surface area contributed by atoms with Gasteiger partial charge in [-0.05, 0) is 23.8 Å². The molecule has 0 saturated heterocycles. The van der Waals surface area contributed by atoms with E-state index in [9.17, 15) is 23.1 Å². The first-order chi connectivity index (χ1) is 12.4. The van der Waals surface area contributed by atoms with Gasteiger partial charge in [-0.25, -0.2) is 9.37 Å². The molecule has 0 unspecified atom stereocenters. The lowest BCUT2D eigenvalue weighted by Crippen LogP contribution is -2.50. The number of hydrogen-bond acceptors (Lipinski definition) is 5. The van der Waals surface area contributed by atoms with E-state index in [2.05, 4.69) is 9.72 Å². The monoisotopic (exact) mass is 363 g/mol. The molecule has 0 fully saturated rings. The maximum atomic E-state index is 14.1. The summed E-state index contributed by atoms with van der Waals surface area (Å²) in [6.45, 7) is -1.48. The number of halogens is 3. The molecule has 9 heteroatoms. The van der Waals surface area contributed by atoms with Gasteiger partial charge in [-0.15, -0.1) is 0 Å². The molecule has 1 aromatic heterocycles. The van der Waals surface area contributed by atoms with Crippen molar-refractivity contribution in [3.05, 3.63) is 53.3 Å². The summed E-state index contributed by atoms with van der Waals surface area (Å²) < 4.78 is 45.4. The van der Waals surface area contributed by atoms with Crippen molar-refractivity contribution in [2.24, 2.45) is 0 Å². The number of para-hydroxylation sites is 1. The molecule has 2 heterocycles. The zero-order chi connectivity index (χ0) is 18.9. The summed E-state index contributed by atoms with van der Waals surface area (Å²) in [6, 6.07) is 8.65. The van der Waals surface area contributed by atoms with E-state index in [1.54, 1.807) is 0 Å². The number of ether oxygens (including phenoxy) is 1. The third-order valence-electron chi connectivity index (χ3n) is 3.82. The molecule has 1 aromatic carbocycles. The topological polar surface area (TPSA) is 86.5 Å². The first-order valence-electron chi connectivity index (χ1n) is 7.48. The molecule has 6 nitrogen and oxygen atoms in total. The van der Waals surface area contributed by atoms with Gasteiger partial charge in [0.25, 0.3) is 0 Å². The van der Waals surface area contributed by atoms with E-state index in [4.69, 9.17) is 5.26 Å². The number of benzene rings is 1. The summed E-state index contributed by atoms with van der Waals surface area (Å²) in [5.74, 6) is -2.07. The Labute approximate surface area is 146 Å². The van der Waals surface area contributed by atoms with Crippen LogP contribution in [0.1, 0.15) is 22.9 Å². The first kappa shape index (κ1) is 17.7. The minimum atomic E-state index is -4.18. The molecule has 0 saturated carbocycles. The van der Waals surface area contributed by atoms with Crippen LogP contribution < -0.4 is 9.64 Å². The Hall–Kier alpha value is -3.12.